The van der Waals surface area contributed by atoms with Gasteiger partial charge in [-0.3, -0.25) is 4.79 Å². The predicted molar refractivity (Wildman–Crippen MR) is 67.6 cm³/mol. The summed E-state index contributed by atoms with van der Waals surface area (Å²) in [5.74, 6) is 0.205. The van der Waals surface area contributed by atoms with Crippen LogP contribution in [0.2, 0.25) is 0 Å². The van der Waals surface area contributed by atoms with Crippen LogP contribution in [0, 0.1) is 5.82 Å². The van der Waals surface area contributed by atoms with Crippen molar-refractivity contribution in [2.75, 3.05) is 0 Å². The molecule has 94 valence electrons. The van der Waals surface area contributed by atoms with Crippen molar-refractivity contribution in [2.24, 2.45) is 0 Å². The van der Waals surface area contributed by atoms with Gasteiger partial charge in [0.05, 0.1) is 5.56 Å². The van der Waals surface area contributed by atoms with Crippen LogP contribution < -0.4 is 0 Å². The molecule has 5 heteroatoms. The Bertz CT molecular complexity index is 751. The summed E-state index contributed by atoms with van der Waals surface area (Å²) in [6.07, 6.45) is 2.74. The summed E-state index contributed by atoms with van der Waals surface area (Å²) in [5.41, 5.74) is 1.49. The van der Waals surface area contributed by atoms with Gasteiger partial charge >= 0.3 is 0 Å². The molecule has 0 fully saturated rings. The zero-order chi connectivity index (χ0) is 13.2. The first-order valence-electron chi connectivity index (χ1n) is 5.81. The monoisotopic (exact) mass is 255 g/mol. The lowest BCUT2D eigenvalue weighted by molar-refractivity contribution is 0.112. The molecule has 0 radical (unpaired) electrons. The molecule has 0 amide bonds. The van der Waals surface area contributed by atoms with Gasteiger partial charge in [-0.05, 0) is 23.8 Å². The number of hydrogen-bond acceptors (Lipinski definition) is 3. The highest BCUT2D eigenvalue weighted by molar-refractivity contribution is 5.83. The van der Waals surface area contributed by atoms with E-state index in [1.165, 1.54) is 10.6 Å². The van der Waals surface area contributed by atoms with Crippen LogP contribution in [0.3, 0.4) is 0 Å². The molecule has 0 spiro atoms. The third-order valence-corrected chi connectivity index (χ3v) is 2.87. The molecular weight excluding hydrogens is 245 g/mol. The summed E-state index contributed by atoms with van der Waals surface area (Å²) in [6, 6.07) is 9.90. The standard InChI is InChI=1S/C14H10FN3O/c15-12-6-2-1-4-10(12)8-13-16-14-11(9-19)5-3-7-18(14)17-13/h1-7,9H,8H2. The first-order valence-corrected chi connectivity index (χ1v) is 5.81. The smallest absolute Gasteiger partial charge is 0.166 e. The molecule has 3 aromatic rings. The number of carbonyl (C=O) groups excluding carboxylic acids is 1. The van der Waals surface area contributed by atoms with Gasteiger partial charge in [-0.15, -0.1) is 0 Å². The lowest BCUT2D eigenvalue weighted by Gasteiger charge is -1.97. The summed E-state index contributed by atoms with van der Waals surface area (Å²) >= 11 is 0. The number of fused-ring (bicyclic) bond motifs is 1. The minimum atomic E-state index is -0.281. The lowest BCUT2D eigenvalue weighted by Crippen LogP contribution is -1.94. The number of nitrogens with zero attached hydrogens (tertiary/aromatic N) is 3. The van der Waals surface area contributed by atoms with Gasteiger partial charge in [0.2, 0.25) is 0 Å². The Morgan fingerprint density at radius 3 is 2.84 bits per heavy atom. The molecule has 0 unspecified atom stereocenters. The van der Waals surface area contributed by atoms with Crippen LogP contribution >= 0.6 is 0 Å². The number of aromatic nitrogens is 3. The van der Waals surface area contributed by atoms with Crippen LogP contribution in [0.25, 0.3) is 5.65 Å². The third-order valence-electron chi connectivity index (χ3n) is 2.87. The summed E-state index contributed by atoms with van der Waals surface area (Å²) in [6.45, 7) is 0. The minimum absolute atomic E-state index is 0.281. The molecule has 0 atom stereocenters. The molecule has 2 aromatic heterocycles. The molecule has 0 saturated heterocycles. The number of rotatable bonds is 3. The highest BCUT2D eigenvalue weighted by Crippen LogP contribution is 2.13. The van der Waals surface area contributed by atoms with Crippen LogP contribution in [0.5, 0.6) is 0 Å². The van der Waals surface area contributed by atoms with Crippen molar-refractivity contribution in [2.45, 2.75) is 6.42 Å². The van der Waals surface area contributed by atoms with E-state index in [-0.39, 0.29) is 5.82 Å². The van der Waals surface area contributed by atoms with Crippen LogP contribution in [-0.2, 0) is 6.42 Å². The lowest BCUT2D eigenvalue weighted by atomic mass is 10.1. The van der Waals surface area contributed by atoms with Gasteiger partial charge in [0.1, 0.15) is 5.82 Å². The van der Waals surface area contributed by atoms with E-state index < -0.39 is 0 Å². The highest BCUT2D eigenvalue weighted by Gasteiger charge is 2.09. The average Bonchev–Trinajstić information content (AvgIpc) is 2.83. The summed E-state index contributed by atoms with van der Waals surface area (Å²) < 4.78 is 15.1. The van der Waals surface area contributed by atoms with Crippen LogP contribution in [0.15, 0.2) is 42.6 Å². The maximum Gasteiger partial charge on any atom is 0.166 e. The number of aldehydes is 1. The molecule has 0 bridgehead atoms. The Balaban J connectivity index is 2.03. The molecule has 0 aliphatic carbocycles. The van der Waals surface area contributed by atoms with Crippen molar-refractivity contribution < 1.29 is 9.18 Å². The van der Waals surface area contributed by atoms with Crippen molar-refractivity contribution >= 4 is 11.9 Å². The number of benzene rings is 1. The topological polar surface area (TPSA) is 47.3 Å². The second kappa shape index (κ2) is 4.61. The van der Waals surface area contributed by atoms with E-state index in [9.17, 15) is 9.18 Å². The molecule has 1 aromatic carbocycles. The van der Waals surface area contributed by atoms with Crippen LogP contribution in [-0.4, -0.2) is 20.9 Å². The van der Waals surface area contributed by atoms with Crippen molar-refractivity contribution in [3.63, 3.8) is 0 Å². The largest absolute Gasteiger partial charge is 0.298 e. The van der Waals surface area contributed by atoms with E-state index in [1.54, 1.807) is 36.5 Å². The van der Waals surface area contributed by atoms with Gasteiger partial charge in [-0.2, -0.15) is 5.10 Å². The van der Waals surface area contributed by atoms with Gasteiger partial charge in [-0.25, -0.2) is 13.9 Å². The molecule has 2 heterocycles. The Morgan fingerprint density at radius 1 is 1.21 bits per heavy atom. The molecule has 19 heavy (non-hydrogen) atoms. The summed E-state index contributed by atoms with van der Waals surface area (Å²) in [7, 11) is 0. The van der Waals surface area contributed by atoms with E-state index >= 15 is 0 Å². The Morgan fingerprint density at radius 2 is 2.05 bits per heavy atom. The maximum atomic E-state index is 13.6. The first kappa shape index (κ1) is 11.5. The zero-order valence-electron chi connectivity index (χ0n) is 9.95. The van der Waals surface area contributed by atoms with E-state index in [0.717, 1.165) is 6.29 Å². The third kappa shape index (κ3) is 2.10. The Hall–Kier alpha value is -2.56. The molecular formula is C14H10FN3O. The second-order valence-corrected chi connectivity index (χ2v) is 4.15. The van der Waals surface area contributed by atoms with E-state index in [4.69, 9.17) is 0 Å². The van der Waals surface area contributed by atoms with E-state index in [0.29, 0.717) is 29.0 Å². The highest BCUT2D eigenvalue weighted by atomic mass is 19.1. The normalized spacial score (nSPS) is 10.8. The summed E-state index contributed by atoms with van der Waals surface area (Å²) in [4.78, 5) is 15.2. The fourth-order valence-corrected chi connectivity index (χ4v) is 1.95. The average molecular weight is 255 g/mol. The summed E-state index contributed by atoms with van der Waals surface area (Å²) in [5, 5.41) is 4.24. The molecule has 0 N–H and O–H groups in total. The first-order chi connectivity index (χ1) is 9.28. The quantitative estimate of drug-likeness (QED) is 0.674. The van der Waals surface area contributed by atoms with E-state index in [2.05, 4.69) is 10.1 Å². The number of pyridine rings is 1. The molecule has 3 rings (SSSR count). The van der Waals surface area contributed by atoms with Crippen molar-refractivity contribution in [1.82, 2.24) is 14.6 Å². The predicted octanol–water partition coefficient (Wildman–Crippen LogP) is 2.27. The van der Waals surface area contributed by atoms with Gasteiger partial charge in [0.15, 0.2) is 17.8 Å². The molecule has 4 nitrogen and oxygen atoms in total. The number of carbonyl (C=O) groups is 1. The maximum absolute atomic E-state index is 13.6. The number of hydrogen-bond donors (Lipinski definition) is 0. The zero-order valence-corrected chi connectivity index (χ0v) is 9.95. The molecule has 0 aliphatic rings. The fourth-order valence-electron chi connectivity index (χ4n) is 1.95. The van der Waals surface area contributed by atoms with Gasteiger partial charge < -0.3 is 0 Å². The van der Waals surface area contributed by atoms with Crippen LogP contribution in [0.1, 0.15) is 21.7 Å². The van der Waals surface area contributed by atoms with Crippen LogP contribution in [0.4, 0.5) is 4.39 Å². The van der Waals surface area contributed by atoms with Gasteiger partial charge in [-0.1, -0.05) is 18.2 Å². The molecule has 0 aliphatic heterocycles. The Kier molecular flexibility index (Phi) is 2.79. The Labute approximate surface area is 108 Å². The van der Waals surface area contributed by atoms with Gasteiger partial charge in [0.25, 0.3) is 0 Å². The number of halogens is 1. The minimum Gasteiger partial charge on any atom is -0.298 e. The molecule has 0 saturated carbocycles. The van der Waals surface area contributed by atoms with E-state index in [1.807, 2.05) is 0 Å². The van der Waals surface area contributed by atoms with Crippen molar-refractivity contribution in [3.8, 4) is 0 Å². The SMILES string of the molecule is O=Cc1cccn2nc(Cc3ccccc3F)nc12. The van der Waals surface area contributed by atoms with Crippen molar-refractivity contribution in [1.29, 1.82) is 0 Å². The van der Waals surface area contributed by atoms with Crippen molar-refractivity contribution in [3.05, 3.63) is 65.4 Å². The fraction of sp³-hybridized carbons (Fsp3) is 0.0714. The second-order valence-electron chi connectivity index (χ2n) is 4.15. The van der Waals surface area contributed by atoms with Gasteiger partial charge in [0, 0.05) is 12.6 Å².